The predicted molar refractivity (Wildman–Crippen MR) is 103 cm³/mol. The van der Waals surface area contributed by atoms with Gasteiger partial charge in [-0.2, -0.15) is 4.73 Å². The Bertz CT molecular complexity index is 1250. The standard InChI is InChI=1S/C20H15N3O6S/c24-18-16(11-14-5-1-3-9-21-14)19-23(18)17(20(25)26)13(12-30(19,28)29)7-8-15-6-2-4-10-22(15)27/h1-11,19H,12H2,(H,25,26)/p-1/b8-7+,16-11-/t19-/m1/s1. The van der Waals surface area contributed by atoms with E-state index in [-0.39, 0.29) is 16.8 Å². The Morgan fingerprint density at radius 3 is 2.63 bits per heavy atom. The van der Waals surface area contributed by atoms with E-state index in [1.807, 2.05) is 0 Å². The number of β-lactam (4-membered cyclic amide) rings is 1. The SMILES string of the molecule is O=C([O-])C1=C(/C=C/c2cccc[n+]2[O-])CS(=O)(=O)[C@@H]2/C(=C\c3ccccn3)C(=O)N12. The Balaban J connectivity index is 1.77. The molecule has 0 radical (unpaired) electrons. The minimum absolute atomic E-state index is 0.0593. The van der Waals surface area contributed by atoms with E-state index in [0.29, 0.717) is 15.3 Å². The fourth-order valence-electron chi connectivity index (χ4n) is 3.38. The molecule has 0 spiro atoms. The second kappa shape index (κ2) is 7.23. The average Bonchev–Trinajstić information content (AvgIpc) is 2.71. The summed E-state index contributed by atoms with van der Waals surface area (Å²) < 4.78 is 26.2. The first-order valence-electron chi connectivity index (χ1n) is 8.78. The number of rotatable bonds is 4. The summed E-state index contributed by atoms with van der Waals surface area (Å²) in [6, 6.07) is 9.54. The highest BCUT2D eigenvalue weighted by molar-refractivity contribution is 7.92. The van der Waals surface area contributed by atoms with Crippen LogP contribution in [0, 0.1) is 5.21 Å². The maximum atomic E-state index is 12.8. The molecule has 1 saturated heterocycles. The van der Waals surface area contributed by atoms with Gasteiger partial charge >= 0.3 is 0 Å². The first-order valence-corrected chi connectivity index (χ1v) is 10.5. The number of fused-ring (bicyclic) bond motifs is 1. The molecule has 4 heterocycles. The Morgan fingerprint density at radius 1 is 1.20 bits per heavy atom. The molecule has 1 amide bonds. The highest BCUT2D eigenvalue weighted by Gasteiger charge is 2.55. The summed E-state index contributed by atoms with van der Waals surface area (Å²) in [4.78, 5) is 29.1. The third-order valence-corrected chi connectivity index (χ3v) is 6.56. The first kappa shape index (κ1) is 19.5. The number of aliphatic carboxylic acids is 1. The zero-order valence-corrected chi connectivity index (χ0v) is 16.2. The Hall–Kier alpha value is -3.79. The Kier molecular flexibility index (Phi) is 4.70. The van der Waals surface area contributed by atoms with E-state index in [1.165, 1.54) is 42.8 Å². The molecule has 0 unspecified atom stereocenters. The molecule has 1 atom stereocenters. The third-order valence-electron chi connectivity index (χ3n) is 4.70. The molecule has 4 rings (SSSR count). The van der Waals surface area contributed by atoms with E-state index in [4.69, 9.17) is 0 Å². The molecular formula is C20H14N3O6S-. The quantitative estimate of drug-likeness (QED) is 0.277. The van der Waals surface area contributed by atoms with Crippen LogP contribution in [0.4, 0.5) is 0 Å². The van der Waals surface area contributed by atoms with Gasteiger partial charge in [0.05, 0.1) is 28.7 Å². The van der Waals surface area contributed by atoms with Gasteiger partial charge in [-0.05, 0) is 35.9 Å². The van der Waals surface area contributed by atoms with Crippen molar-refractivity contribution in [2.75, 3.05) is 5.75 Å². The van der Waals surface area contributed by atoms with Crippen LogP contribution in [0.3, 0.4) is 0 Å². The molecule has 30 heavy (non-hydrogen) atoms. The van der Waals surface area contributed by atoms with Gasteiger partial charge in [-0.25, -0.2) is 8.42 Å². The summed E-state index contributed by atoms with van der Waals surface area (Å²) in [6.07, 6.45) is 6.56. The average molecular weight is 424 g/mol. The lowest BCUT2D eigenvalue weighted by Gasteiger charge is -2.46. The molecule has 152 valence electrons. The van der Waals surface area contributed by atoms with Crippen molar-refractivity contribution in [3.63, 3.8) is 0 Å². The predicted octanol–water partition coefficient (Wildman–Crippen LogP) is -0.587. The number of carbonyl (C=O) groups excluding carboxylic acids is 2. The first-order chi connectivity index (χ1) is 14.3. The summed E-state index contributed by atoms with van der Waals surface area (Å²) >= 11 is 0. The van der Waals surface area contributed by atoms with Crippen molar-refractivity contribution >= 4 is 33.9 Å². The van der Waals surface area contributed by atoms with Gasteiger partial charge < -0.3 is 15.1 Å². The number of carboxylic acids is 1. The van der Waals surface area contributed by atoms with Crippen molar-refractivity contribution in [2.45, 2.75) is 5.37 Å². The molecule has 0 saturated carbocycles. The number of carboxylic acid groups (broad SMARTS) is 1. The number of allylic oxidation sites excluding steroid dienone is 1. The molecule has 0 bridgehead atoms. The largest absolute Gasteiger partial charge is 0.618 e. The zero-order valence-electron chi connectivity index (χ0n) is 15.3. The van der Waals surface area contributed by atoms with Crippen LogP contribution >= 0.6 is 0 Å². The number of hydrogen-bond donors (Lipinski definition) is 0. The molecule has 2 aromatic heterocycles. The van der Waals surface area contributed by atoms with Crippen molar-refractivity contribution in [2.24, 2.45) is 0 Å². The van der Waals surface area contributed by atoms with Crippen molar-refractivity contribution in [1.82, 2.24) is 9.88 Å². The summed E-state index contributed by atoms with van der Waals surface area (Å²) in [5.41, 5.74) is -0.170. The Labute approximate surface area is 171 Å². The molecule has 2 aliphatic rings. The maximum absolute atomic E-state index is 12.8. The highest BCUT2D eigenvalue weighted by atomic mass is 32.2. The van der Waals surface area contributed by atoms with E-state index in [0.717, 1.165) is 0 Å². The highest BCUT2D eigenvalue weighted by Crippen LogP contribution is 2.40. The van der Waals surface area contributed by atoms with Crippen LogP contribution in [0.25, 0.3) is 12.2 Å². The summed E-state index contributed by atoms with van der Waals surface area (Å²) in [5, 5.41) is 22.1. The molecule has 0 aromatic carbocycles. The van der Waals surface area contributed by atoms with Gasteiger partial charge in [0.1, 0.15) is 0 Å². The van der Waals surface area contributed by atoms with Gasteiger partial charge in [-0.3, -0.25) is 14.7 Å². The molecular weight excluding hydrogens is 410 g/mol. The number of aromatic nitrogens is 2. The minimum atomic E-state index is -3.93. The van der Waals surface area contributed by atoms with Crippen molar-refractivity contribution in [1.29, 1.82) is 0 Å². The number of hydrogen-bond acceptors (Lipinski definition) is 7. The molecule has 9 nitrogen and oxygen atoms in total. The van der Waals surface area contributed by atoms with Crippen LogP contribution in [0.15, 0.2) is 71.7 Å². The lowest BCUT2D eigenvalue weighted by Crippen LogP contribution is -2.63. The van der Waals surface area contributed by atoms with E-state index in [9.17, 15) is 28.3 Å². The van der Waals surface area contributed by atoms with Crippen LogP contribution < -0.4 is 9.84 Å². The van der Waals surface area contributed by atoms with E-state index in [2.05, 4.69) is 4.98 Å². The van der Waals surface area contributed by atoms with Gasteiger partial charge in [-0.1, -0.05) is 6.07 Å². The number of pyridine rings is 2. The van der Waals surface area contributed by atoms with Crippen molar-refractivity contribution in [3.8, 4) is 0 Å². The molecule has 1 fully saturated rings. The number of sulfone groups is 1. The van der Waals surface area contributed by atoms with Gasteiger partial charge in [0.2, 0.25) is 5.69 Å². The van der Waals surface area contributed by atoms with Crippen molar-refractivity contribution in [3.05, 3.63) is 88.3 Å². The molecule has 0 aliphatic carbocycles. The number of nitrogens with zero attached hydrogens (tertiary/aromatic N) is 3. The van der Waals surface area contributed by atoms with Crippen LogP contribution in [0.1, 0.15) is 11.4 Å². The lowest BCUT2D eigenvalue weighted by atomic mass is 10.0. The van der Waals surface area contributed by atoms with E-state index in [1.54, 1.807) is 24.3 Å². The van der Waals surface area contributed by atoms with Crippen LogP contribution in [-0.4, -0.2) is 41.3 Å². The topological polar surface area (TPSA) is 134 Å². The molecule has 2 aromatic rings. The van der Waals surface area contributed by atoms with Gasteiger partial charge in [0, 0.05) is 24.4 Å². The van der Waals surface area contributed by atoms with Gasteiger partial charge in [-0.15, -0.1) is 0 Å². The minimum Gasteiger partial charge on any atom is -0.618 e. The Morgan fingerprint density at radius 2 is 1.97 bits per heavy atom. The monoisotopic (exact) mass is 424 g/mol. The fraction of sp³-hybridized carbons (Fsp3) is 0.100. The molecule has 2 aliphatic heterocycles. The second-order valence-electron chi connectivity index (χ2n) is 6.63. The number of amides is 1. The van der Waals surface area contributed by atoms with E-state index >= 15 is 0 Å². The smallest absolute Gasteiger partial charge is 0.258 e. The summed E-state index contributed by atoms with van der Waals surface area (Å²) in [7, 11) is -3.93. The third kappa shape index (κ3) is 3.26. The molecule has 0 N–H and O–H groups in total. The van der Waals surface area contributed by atoms with Gasteiger partial charge in [0.25, 0.3) is 5.91 Å². The van der Waals surface area contributed by atoms with Crippen molar-refractivity contribution < 1.29 is 27.8 Å². The zero-order chi connectivity index (χ0) is 21.5. The molecule has 10 heteroatoms. The van der Waals surface area contributed by atoms with Crippen LogP contribution in [-0.2, 0) is 19.4 Å². The lowest BCUT2D eigenvalue weighted by molar-refractivity contribution is -0.607. The number of carbonyl (C=O) groups is 2. The van der Waals surface area contributed by atoms with Gasteiger partial charge in [0.15, 0.2) is 21.4 Å². The maximum Gasteiger partial charge on any atom is 0.258 e. The summed E-state index contributed by atoms with van der Waals surface area (Å²) in [6.45, 7) is 0. The normalized spacial score (nSPS) is 21.6. The fourth-order valence-corrected chi connectivity index (χ4v) is 5.28. The summed E-state index contributed by atoms with van der Waals surface area (Å²) in [5.74, 6) is -3.05. The second-order valence-corrected chi connectivity index (χ2v) is 8.70. The van der Waals surface area contributed by atoms with Crippen LogP contribution in [0.5, 0.6) is 0 Å². The van der Waals surface area contributed by atoms with Crippen LogP contribution in [0.2, 0.25) is 0 Å². The van der Waals surface area contributed by atoms with E-state index < -0.39 is 38.5 Å².